The van der Waals surface area contributed by atoms with Crippen LogP contribution in [0.1, 0.15) is 44.7 Å². The van der Waals surface area contributed by atoms with Gasteiger partial charge in [0, 0.05) is 13.3 Å². The quantitative estimate of drug-likeness (QED) is 0.837. The molecule has 1 unspecified atom stereocenters. The second-order valence-electron chi connectivity index (χ2n) is 5.66. The smallest absolute Gasteiger partial charge is 0.258 e. The molecule has 0 amide bonds. The standard InChI is InChI=1S/C17H22FNO2/c1-5-13(10-21-4)19-9-16(11(2)3)14-7-6-12(18)8-15(14)17(19)20/h6-9,11,13H,5,10H2,1-4H3. The zero-order chi connectivity index (χ0) is 15.6. The summed E-state index contributed by atoms with van der Waals surface area (Å²) in [5.74, 6) is -0.128. The Morgan fingerprint density at radius 2 is 2.00 bits per heavy atom. The first-order chi connectivity index (χ1) is 9.99. The van der Waals surface area contributed by atoms with Gasteiger partial charge in [-0.25, -0.2) is 4.39 Å². The van der Waals surface area contributed by atoms with Crippen molar-refractivity contribution in [3.05, 3.63) is 46.1 Å². The molecular formula is C17H22FNO2. The van der Waals surface area contributed by atoms with Crippen molar-refractivity contribution < 1.29 is 9.13 Å². The Kier molecular flexibility index (Phi) is 4.78. The maximum Gasteiger partial charge on any atom is 0.258 e. The average molecular weight is 291 g/mol. The van der Waals surface area contributed by atoms with Crippen molar-refractivity contribution in [2.75, 3.05) is 13.7 Å². The van der Waals surface area contributed by atoms with Crippen LogP contribution in [0.4, 0.5) is 4.39 Å². The van der Waals surface area contributed by atoms with Crippen molar-refractivity contribution in [1.82, 2.24) is 4.57 Å². The molecule has 1 aromatic heterocycles. The van der Waals surface area contributed by atoms with E-state index >= 15 is 0 Å². The van der Waals surface area contributed by atoms with Gasteiger partial charge in [0.2, 0.25) is 0 Å². The fourth-order valence-electron chi connectivity index (χ4n) is 2.68. The zero-order valence-electron chi connectivity index (χ0n) is 13.0. The summed E-state index contributed by atoms with van der Waals surface area (Å²) in [5, 5.41) is 1.27. The van der Waals surface area contributed by atoms with Gasteiger partial charge in [0.1, 0.15) is 5.82 Å². The molecule has 2 rings (SSSR count). The van der Waals surface area contributed by atoms with Crippen molar-refractivity contribution in [2.45, 2.75) is 39.2 Å². The molecule has 0 aliphatic heterocycles. The van der Waals surface area contributed by atoms with Crippen LogP contribution in [-0.2, 0) is 4.74 Å². The number of methoxy groups -OCH3 is 1. The van der Waals surface area contributed by atoms with Crippen LogP contribution in [-0.4, -0.2) is 18.3 Å². The van der Waals surface area contributed by atoms with Gasteiger partial charge in [-0.3, -0.25) is 4.79 Å². The van der Waals surface area contributed by atoms with Crippen LogP contribution in [0.25, 0.3) is 10.8 Å². The van der Waals surface area contributed by atoms with E-state index < -0.39 is 0 Å². The van der Waals surface area contributed by atoms with E-state index in [4.69, 9.17) is 4.74 Å². The summed E-state index contributed by atoms with van der Waals surface area (Å²) in [6.45, 7) is 6.63. The topological polar surface area (TPSA) is 31.2 Å². The van der Waals surface area contributed by atoms with Crippen LogP contribution in [0.3, 0.4) is 0 Å². The van der Waals surface area contributed by atoms with Gasteiger partial charge in [0.05, 0.1) is 18.0 Å². The van der Waals surface area contributed by atoms with Gasteiger partial charge < -0.3 is 9.30 Å². The van der Waals surface area contributed by atoms with E-state index in [9.17, 15) is 9.18 Å². The molecule has 114 valence electrons. The largest absolute Gasteiger partial charge is 0.383 e. The van der Waals surface area contributed by atoms with Crippen molar-refractivity contribution in [3.8, 4) is 0 Å². The van der Waals surface area contributed by atoms with E-state index in [2.05, 4.69) is 13.8 Å². The summed E-state index contributed by atoms with van der Waals surface area (Å²) >= 11 is 0. The number of benzene rings is 1. The highest BCUT2D eigenvalue weighted by molar-refractivity contribution is 5.85. The van der Waals surface area contributed by atoms with Gasteiger partial charge in [0.25, 0.3) is 5.56 Å². The molecule has 21 heavy (non-hydrogen) atoms. The fraction of sp³-hybridized carbons (Fsp3) is 0.471. The van der Waals surface area contributed by atoms with Crippen molar-refractivity contribution in [1.29, 1.82) is 0 Å². The first-order valence-corrected chi connectivity index (χ1v) is 7.32. The molecule has 0 aliphatic rings. The van der Waals surface area contributed by atoms with E-state index in [0.29, 0.717) is 12.0 Å². The Morgan fingerprint density at radius 1 is 1.29 bits per heavy atom. The monoisotopic (exact) mass is 291 g/mol. The molecule has 2 aromatic rings. The van der Waals surface area contributed by atoms with Crippen LogP contribution in [0.5, 0.6) is 0 Å². The predicted molar refractivity (Wildman–Crippen MR) is 83.5 cm³/mol. The Labute approximate surface area is 124 Å². The maximum atomic E-state index is 13.5. The minimum Gasteiger partial charge on any atom is -0.383 e. The number of hydrogen-bond acceptors (Lipinski definition) is 2. The Morgan fingerprint density at radius 3 is 2.57 bits per heavy atom. The SMILES string of the molecule is CCC(COC)n1cc(C(C)C)c2ccc(F)cc2c1=O. The molecule has 1 atom stereocenters. The molecule has 1 heterocycles. The van der Waals surface area contributed by atoms with Crippen LogP contribution >= 0.6 is 0 Å². The molecule has 0 fully saturated rings. The third-order valence-corrected chi connectivity index (χ3v) is 3.88. The predicted octanol–water partition coefficient (Wildman–Crippen LogP) is 3.86. The second-order valence-corrected chi connectivity index (χ2v) is 5.66. The molecule has 0 saturated heterocycles. The summed E-state index contributed by atoms with van der Waals surface area (Å²) < 4.78 is 20.4. The number of nitrogens with zero attached hydrogens (tertiary/aromatic N) is 1. The van der Waals surface area contributed by atoms with Gasteiger partial charge in [-0.1, -0.05) is 26.8 Å². The number of hydrogen-bond donors (Lipinski definition) is 0. The van der Waals surface area contributed by atoms with E-state index in [1.54, 1.807) is 17.7 Å². The summed E-state index contributed by atoms with van der Waals surface area (Å²) in [6, 6.07) is 4.40. The van der Waals surface area contributed by atoms with Crippen LogP contribution in [0.15, 0.2) is 29.2 Å². The highest BCUT2D eigenvalue weighted by atomic mass is 19.1. The number of pyridine rings is 1. The van der Waals surface area contributed by atoms with Crippen molar-refractivity contribution >= 4 is 10.8 Å². The number of aromatic nitrogens is 1. The van der Waals surface area contributed by atoms with E-state index in [1.807, 2.05) is 13.1 Å². The number of halogens is 1. The van der Waals surface area contributed by atoms with Crippen LogP contribution in [0, 0.1) is 5.82 Å². The lowest BCUT2D eigenvalue weighted by molar-refractivity contribution is 0.151. The molecule has 1 aromatic carbocycles. The first-order valence-electron chi connectivity index (χ1n) is 7.32. The molecule has 4 heteroatoms. The lowest BCUT2D eigenvalue weighted by Gasteiger charge is -2.21. The number of fused-ring (bicyclic) bond motifs is 1. The summed E-state index contributed by atoms with van der Waals surface area (Å²) in [5.41, 5.74) is 0.900. The lowest BCUT2D eigenvalue weighted by atomic mass is 9.98. The normalized spacial score (nSPS) is 13.0. The maximum absolute atomic E-state index is 13.5. The molecule has 0 saturated carbocycles. The number of ether oxygens (including phenoxy) is 1. The molecule has 0 N–H and O–H groups in total. The fourth-order valence-corrected chi connectivity index (χ4v) is 2.68. The third kappa shape index (κ3) is 3.00. The molecule has 0 radical (unpaired) electrons. The van der Waals surface area contributed by atoms with Crippen molar-refractivity contribution in [2.24, 2.45) is 0 Å². The highest BCUT2D eigenvalue weighted by Crippen LogP contribution is 2.25. The van der Waals surface area contributed by atoms with Crippen molar-refractivity contribution in [3.63, 3.8) is 0 Å². The van der Waals surface area contributed by atoms with Gasteiger partial charge in [0.15, 0.2) is 0 Å². The average Bonchev–Trinajstić information content (AvgIpc) is 2.46. The number of rotatable bonds is 5. The molecular weight excluding hydrogens is 269 g/mol. The highest BCUT2D eigenvalue weighted by Gasteiger charge is 2.16. The van der Waals surface area contributed by atoms with Gasteiger partial charge in [-0.15, -0.1) is 0 Å². The summed E-state index contributed by atoms with van der Waals surface area (Å²) in [4.78, 5) is 12.7. The molecule has 0 bridgehead atoms. The second kappa shape index (κ2) is 6.39. The minimum absolute atomic E-state index is 0.0346. The summed E-state index contributed by atoms with van der Waals surface area (Å²) in [6.07, 6.45) is 2.69. The first kappa shape index (κ1) is 15.7. The van der Waals surface area contributed by atoms with Gasteiger partial charge in [-0.2, -0.15) is 0 Å². The molecule has 3 nitrogen and oxygen atoms in total. The molecule has 0 spiro atoms. The zero-order valence-corrected chi connectivity index (χ0v) is 13.0. The third-order valence-electron chi connectivity index (χ3n) is 3.88. The Balaban J connectivity index is 2.77. The Hall–Kier alpha value is -1.68. The lowest BCUT2D eigenvalue weighted by Crippen LogP contribution is -2.28. The summed E-state index contributed by atoms with van der Waals surface area (Å²) in [7, 11) is 1.62. The van der Waals surface area contributed by atoms with Gasteiger partial charge in [-0.05, 0) is 35.4 Å². The molecule has 0 aliphatic carbocycles. The Bertz CT molecular complexity index is 691. The van der Waals surface area contributed by atoms with E-state index in [-0.39, 0.29) is 23.3 Å². The van der Waals surface area contributed by atoms with E-state index in [1.165, 1.54) is 12.1 Å². The van der Waals surface area contributed by atoms with Crippen LogP contribution < -0.4 is 5.56 Å². The van der Waals surface area contributed by atoms with Gasteiger partial charge >= 0.3 is 0 Å². The van der Waals surface area contributed by atoms with Crippen LogP contribution in [0.2, 0.25) is 0 Å². The van der Waals surface area contributed by atoms with E-state index in [0.717, 1.165) is 17.4 Å². The minimum atomic E-state index is -0.383.